The molecular formula is C17H16N2O2. The van der Waals surface area contributed by atoms with Crippen LogP contribution in [0.1, 0.15) is 39.6 Å². The molecule has 1 heterocycles. The Kier molecular flexibility index (Phi) is 3.22. The van der Waals surface area contributed by atoms with Crippen LogP contribution in [0.5, 0.6) is 0 Å². The van der Waals surface area contributed by atoms with Gasteiger partial charge in [-0.3, -0.25) is 9.59 Å². The maximum Gasteiger partial charge on any atom is 0.266 e. The number of amides is 2. The van der Waals surface area contributed by atoms with E-state index in [0.29, 0.717) is 22.5 Å². The molecule has 0 atom stereocenters. The van der Waals surface area contributed by atoms with E-state index in [4.69, 9.17) is 5.73 Å². The van der Waals surface area contributed by atoms with Crippen molar-refractivity contribution >= 4 is 23.2 Å². The highest BCUT2D eigenvalue weighted by molar-refractivity contribution is 6.34. The zero-order valence-corrected chi connectivity index (χ0v) is 11.8. The highest BCUT2D eigenvalue weighted by Crippen LogP contribution is 2.29. The van der Waals surface area contributed by atoms with Gasteiger partial charge < -0.3 is 5.73 Å². The van der Waals surface area contributed by atoms with Gasteiger partial charge in [-0.05, 0) is 42.3 Å². The maximum absolute atomic E-state index is 12.4. The fraction of sp³-hybridized carbons (Fsp3) is 0.176. The van der Waals surface area contributed by atoms with Crippen LogP contribution in [0.2, 0.25) is 0 Å². The van der Waals surface area contributed by atoms with Gasteiger partial charge in [0.1, 0.15) is 0 Å². The largest absolute Gasteiger partial charge is 0.399 e. The van der Waals surface area contributed by atoms with Gasteiger partial charge in [0.05, 0.1) is 16.8 Å². The third-order valence-electron chi connectivity index (χ3n) is 3.64. The number of aryl methyl sites for hydroxylation is 1. The fourth-order valence-corrected chi connectivity index (χ4v) is 2.59. The number of nitrogen functional groups attached to an aromatic ring is 1. The molecule has 2 amide bonds. The second-order valence-electron chi connectivity index (χ2n) is 5.17. The quantitative estimate of drug-likeness (QED) is 0.694. The van der Waals surface area contributed by atoms with E-state index in [1.54, 1.807) is 18.2 Å². The summed E-state index contributed by atoms with van der Waals surface area (Å²) in [5, 5.41) is 0. The number of fused-ring (bicyclic) bond motifs is 1. The molecule has 2 aromatic rings. The molecule has 1 aliphatic heterocycles. The number of carbonyl (C=O) groups excluding carboxylic acids is 2. The first-order valence-electron chi connectivity index (χ1n) is 6.99. The summed E-state index contributed by atoms with van der Waals surface area (Å²) in [6.45, 7) is 2.11. The molecule has 0 bridgehead atoms. The first-order valence-corrected chi connectivity index (χ1v) is 6.99. The third kappa shape index (κ3) is 2.18. The lowest BCUT2D eigenvalue weighted by molar-refractivity contribution is 0.0926. The molecule has 0 spiro atoms. The van der Waals surface area contributed by atoms with Crippen LogP contribution in [-0.4, -0.2) is 11.8 Å². The van der Waals surface area contributed by atoms with Crippen molar-refractivity contribution in [2.45, 2.75) is 19.8 Å². The Bertz CT molecular complexity index is 720. The van der Waals surface area contributed by atoms with Gasteiger partial charge in [0.2, 0.25) is 0 Å². The zero-order chi connectivity index (χ0) is 15.0. The molecule has 1 aliphatic rings. The Hall–Kier alpha value is -2.62. The van der Waals surface area contributed by atoms with Gasteiger partial charge in [0, 0.05) is 5.69 Å². The predicted molar refractivity (Wildman–Crippen MR) is 82.4 cm³/mol. The van der Waals surface area contributed by atoms with E-state index in [2.05, 4.69) is 6.92 Å². The van der Waals surface area contributed by atoms with Crippen molar-refractivity contribution in [2.24, 2.45) is 0 Å². The number of benzene rings is 2. The van der Waals surface area contributed by atoms with Gasteiger partial charge in [-0.25, -0.2) is 4.90 Å². The van der Waals surface area contributed by atoms with Crippen molar-refractivity contribution < 1.29 is 9.59 Å². The number of hydrogen-bond donors (Lipinski definition) is 1. The summed E-state index contributed by atoms with van der Waals surface area (Å²) in [7, 11) is 0. The maximum atomic E-state index is 12.4. The number of anilines is 2. The molecule has 0 saturated heterocycles. The summed E-state index contributed by atoms with van der Waals surface area (Å²) in [4.78, 5) is 26.0. The van der Waals surface area contributed by atoms with Crippen LogP contribution >= 0.6 is 0 Å². The van der Waals surface area contributed by atoms with Gasteiger partial charge in [-0.1, -0.05) is 25.5 Å². The normalized spacial score (nSPS) is 13.7. The van der Waals surface area contributed by atoms with Gasteiger partial charge >= 0.3 is 0 Å². The van der Waals surface area contributed by atoms with Crippen LogP contribution in [0.3, 0.4) is 0 Å². The van der Waals surface area contributed by atoms with E-state index >= 15 is 0 Å². The Balaban J connectivity index is 1.97. The number of carbonyl (C=O) groups is 2. The average molecular weight is 280 g/mol. The minimum absolute atomic E-state index is 0.293. The Morgan fingerprint density at radius 2 is 1.62 bits per heavy atom. The molecule has 3 rings (SSSR count). The second kappa shape index (κ2) is 5.05. The number of hydrogen-bond acceptors (Lipinski definition) is 3. The summed E-state index contributed by atoms with van der Waals surface area (Å²) in [5.74, 6) is -0.608. The van der Waals surface area contributed by atoms with Crippen molar-refractivity contribution in [3.63, 3.8) is 0 Å². The number of imide groups is 1. The van der Waals surface area contributed by atoms with Crippen molar-refractivity contribution in [2.75, 3.05) is 10.6 Å². The molecule has 21 heavy (non-hydrogen) atoms. The van der Waals surface area contributed by atoms with Gasteiger partial charge in [-0.2, -0.15) is 0 Å². The molecule has 0 unspecified atom stereocenters. The van der Waals surface area contributed by atoms with Crippen LogP contribution in [0.15, 0.2) is 42.5 Å². The van der Waals surface area contributed by atoms with Gasteiger partial charge in [0.25, 0.3) is 11.8 Å². The van der Waals surface area contributed by atoms with E-state index in [9.17, 15) is 9.59 Å². The lowest BCUT2D eigenvalue weighted by Crippen LogP contribution is -2.29. The monoisotopic (exact) mass is 280 g/mol. The number of rotatable bonds is 3. The Labute approximate surface area is 123 Å². The predicted octanol–water partition coefficient (Wildman–Crippen LogP) is 3.02. The number of nitrogens with zero attached hydrogens (tertiary/aromatic N) is 1. The summed E-state index contributed by atoms with van der Waals surface area (Å²) < 4.78 is 0. The zero-order valence-electron chi connectivity index (χ0n) is 11.8. The Morgan fingerprint density at radius 3 is 2.29 bits per heavy atom. The summed E-state index contributed by atoms with van der Waals surface area (Å²) in [6, 6.07) is 12.3. The SMILES string of the molecule is CCCc1ccc(N2C(=O)c3ccc(N)cc3C2=O)cc1. The minimum Gasteiger partial charge on any atom is -0.399 e. The summed E-state index contributed by atoms with van der Waals surface area (Å²) in [6.07, 6.45) is 2.05. The van der Waals surface area contributed by atoms with Crippen molar-refractivity contribution in [1.29, 1.82) is 0 Å². The lowest BCUT2D eigenvalue weighted by Gasteiger charge is -2.14. The van der Waals surface area contributed by atoms with Gasteiger partial charge in [-0.15, -0.1) is 0 Å². The highest BCUT2D eigenvalue weighted by Gasteiger charge is 2.36. The molecule has 0 radical (unpaired) electrons. The van der Waals surface area contributed by atoms with E-state index in [1.807, 2.05) is 24.3 Å². The first kappa shape index (κ1) is 13.4. The average Bonchev–Trinajstić information content (AvgIpc) is 2.72. The first-order chi connectivity index (χ1) is 10.1. The standard InChI is InChI=1S/C17H16N2O2/c1-2-3-11-4-7-13(8-5-11)19-16(20)14-9-6-12(18)10-15(14)17(19)21/h4-10H,2-3,18H2,1H3. The van der Waals surface area contributed by atoms with Gasteiger partial charge in [0.15, 0.2) is 0 Å². The third-order valence-corrected chi connectivity index (χ3v) is 3.64. The fourth-order valence-electron chi connectivity index (χ4n) is 2.59. The lowest BCUT2D eigenvalue weighted by atomic mass is 10.1. The Morgan fingerprint density at radius 1 is 0.952 bits per heavy atom. The molecule has 2 aromatic carbocycles. The van der Waals surface area contributed by atoms with Crippen molar-refractivity contribution in [3.8, 4) is 0 Å². The van der Waals surface area contributed by atoms with Crippen LogP contribution in [-0.2, 0) is 6.42 Å². The van der Waals surface area contributed by atoms with E-state index < -0.39 is 0 Å². The highest BCUT2D eigenvalue weighted by atomic mass is 16.2. The molecule has 4 heteroatoms. The van der Waals surface area contributed by atoms with Crippen molar-refractivity contribution in [1.82, 2.24) is 0 Å². The molecule has 0 aliphatic carbocycles. The molecule has 0 saturated carbocycles. The molecule has 2 N–H and O–H groups in total. The van der Waals surface area contributed by atoms with E-state index in [-0.39, 0.29) is 11.8 Å². The van der Waals surface area contributed by atoms with E-state index in [1.165, 1.54) is 10.5 Å². The van der Waals surface area contributed by atoms with Crippen molar-refractivity contribution in [3.05, 3.63) is 59.2 Å². The minimum atomic E-state index is -0.314. The molecule has 4 nitrogen and oxygen atoms in total. The smallest absolute Gasteiger partial charge is 0.266 e. The molecule has 106 valence electrons. The molecule has 0 aromatic heterocycles. The molecular weight excluding hydrogens is 264 g/mol. The molecule has 0 fully saturated rings. The summed E-state index contributed by atoms with van der Waals surface area (Å²) >= 11 is 0. The van der Waals surface area contributed by atoms with Crippen LogP contribution in [0, 0.1) is 0 Å². The summed E-state index contributed by atoms with van der Waals surface area (Å²) in [5.41, 5.74) is 8.75. The van der Waals surface area contributed by atoms with Crippen LogP contribution in [0.25, 0.3) is 0 Å². The van der Waals surface area contributed by atoms with E-state index in [0.717, 1.165) is 12.8 Å². The second-order valence-corrected chi connectivity index (χ2v) is 5.17. The topological polar surface area (TPSA) is 63.4 Å². The van der Waals surface area contributed by atoms with Crippen LogP contribution < -0.4 is 10.6 Å². The number of nitrogens with two attached hydrogens (primary N) is 1. The van der Waals surface area contributed by atoms with Crippen LogP contribution in [0.4, 0.5) is 11.4 Å².